The third-order valence-corrected chi connectivity index (χ3v) is 6.92. The fourth-order valence-corrected chi connectivity index (χ4v) is 4.71. The van der Waals surface area contributed by atoms with Gasteiger partial charge in [0.15, 0.2) is 5.96 Å². The topological polar surface area (TPSA) is 39.7 Å². The number of benzene rings is 1. The molecule has 2 fully saturated rings. The Labute approximate surface area is 186 Å². The van der Waals surface area contributed by atoms with Gasteiger partial charge in [0.1, 0.15) is 0 Å². The Morgan fingerprint density at radius 2 is 1.89 bits per heavy atom. The summed E-state index contributed by atoms with van der Waals surface area (Å²) < 4.78 is 0.317. The first-order valence-electron chi connectivity index (χ1n) is 10.1. The Morgan fingerprint density at radius 3 is 2.52 bits per heavy atom. The zero-order valence-corrected chi connectivity index (χ0v) is 19.9. The van der Waals surface area contributed by atoms with Crippen LogP contribution in [0.3, 0.4) is 0 Å². The van der Waals surface area contributed by atoms with E-state index in [9.17, 15) is 0 Å². The van der Waals surface area contributed by atoms with E-state index >= 15 is 0 Å². The number of likely N-dealkylation sites (tertiary alicyclic amines) is 1. The Bertz CT molecular complexity index is 569. The first kappa shape index (κ1) is 22.8. The van der Waals surface area contributed by atoms with Gasteiger partial charge in [0, 0.05) is 22.7 Å². The number of hydrogen-bond acceptors (Lipinski definition) is 3. The highest BCUT2D eigenvalue weighted by Crippen LogP contribution is 2.51. The van der Waals surface area contributed by atoms with Gasteiger partial charge in [-0.15, -0.1) is 35.7 Å². The van der Waals surface area contributed by atoms with E-state index < -0.39 is 0 Å². The summed E-state index contributed by atoms with van der Waals surface area (Å²) >= 11 is 2.00. The number of aliphatic imine (C=N–C) groups is 1. The molecule has 0 unspecified atom stereocenters. The van der Waals surface area contributed by atoms with Crippen molar-refractivity contribution in [2.24, 2.45) is 10.9 Å². The summed E-state index contributed by atoms with van der Waals surface area (Å²) in [5.41, 5.74) is 0. The van der Waals surface area contributed by atoms with E-state index in [-0.39, 0.29) is 24.0 Å². The number of halogens is 1. The van der Waals surface area contributed by atoms with Crippen LogP contribution < -0.4 is 10.6 Å². The van der Waals surface area contributed by atoms with Crippen molar-refractivity contribution in [1.82, 2.24) is 15.5 Å². The van der Waals surface area contributed by atoms with Crippen LogP contribution in [0.25, 0.3) is 0 Å². The van der Waals surface area contributed by atoms with Gasteiger partial charge >= 0.3 is 0 Å². The zero-order valence-electron chi connectivity index (χ0n) is 16.7. The number of rotatable bonds is 8. The smallest absolute Gasteiger partial charge is 0.191 e. The van der Waals surface area contributed by atoms with Gasteiger partial charge in [-0.25, -0.2) is 0 Å². The molecule has 0 radical (unpaired) electrons. The van der Waals surface area contributed by atoms with Gasteiger partial charge in [0.05, 0.1) is 6.54 Å². The highest BCUT2D eigenvalue weighted by atomic mass is 127. The van der Waals surface area contributed by atoms with Gasteiger partial charge in [-0.05, 0) is 77.2 Å². The van der Waals surface area contributed by atoms with E-state index in [1.807, 2.05) is 11.8 Å². The maximum absolute atomic E-state index is 4.90. The van der Waals surface area contributed by atoms with E-state index in [0.717, 1.165) is 31.5 Å². The fraction of sp³-hybridized carbons (Fsp3) is 0.667. The lowest BCUT2D eigenvalue weighted by atomic mass is 9.94. The summed E-state index contributed by atoms with van der Waals surface area (Å²) in [5, 5.41) is 6.97. The molecule has 1 aromatic rings. The summed E-state index contributed by atoms with van der Waals surface area (Å²) in [4.78, 5) is 8.70. The minimum absolute atomic E-state index is 0. The van der Waals surface area contributed by atoms with Crippen LogP contribution in [-0.2, 0) is 0 Å². The molecule has 1 heterocycles. The Balaban J connectivity index is 0.00000261. The molecule has 0 atom stereocenters. The number of nitrogens with zero attached hydrogens (tertiary/aromatic N) is 2. The van der Waals surface area contributed by atoms with Gasteiger partial charge in [-0.2, -0.15) is 0 Å². The monoisotopic (exact) mass is 502 g/mol. The number of piperidine rings is 1. The highest BCUT2D eigenvalue weighted by molar-refractivity contribution is 14.0. The first-order valence-corrected chi connectivity index (χ1v) is 11.0. The summed E-state index contributed by atoms with van der Waals surface area (Å²) in [7, 11) is 2.23. The van der Waals surface area contributed by atoms with Crippen LogP contribution >= 0.6 is 35.7 Å². The molecule has 1 aliphatic heterocycles. The van der Waals surface area contributed by atoms with Gasteiger partial charge in [-0.3, -0.25) is 4.99 Å². The number of nitrogens with one attached hydrogen (secondary N) is 2. The molecule has 6 heteroatoms. The summed E-state index contributed by atoms with van der Waals surface area (Å²) in [6.45, 7) is 7.48. The van der Waals surface area contributed by atoms with E-state index in [2.05, 4.69) is 59.8 Å². The number of hydrogen-bond donors (Lipinski definition) is 2. The maximum Gasteiger partial charge on any atom is 0.191 e. The van der Waals surface area contributed by atoms with Gasteiger partial charge < -0.3 is 15.5 Å². The van der Waals surface area contributed by atoms with Crippen LogP contribution in [-0.4, -0.2) is 55.4 Å². The van der Waals surface area contributed by atoms with Crippen LogP contribution in [0.15, 0.2) is 40.2 Å². The van der Waals surface area contributed by atoms with Crippen molar-refractivity contribution >= 4 is 41.7 Å². The van der Waals surface area contributed by atoms with Crippen LogP contribution in [0.2, 0.25) is 0 Å². The fourth-order valence-electron chi connectivity index (χ4n) is 3.48. The van der Waals surface area contributed by atoms with Crippen molar-refractivity contribution in [2.75, 3.05) is 39.8 Å². The first-order chi connectivity index (χ1) is 12.7. The van der Waals surface area contributed by atoms with E-state index in [0.29, 0.717) is 4.75 Å². The predicted molar refractivity (Wildman–Crippen MR) is 128 cm³/mol. The molecular formula is C21H35IN4S. The average Bonchev–Trinajstić information content (AvgIpc) is 3.42. The van der Waals surface area contributed by atoms with Crippen LogP contribution in [0.5, 0.6) is 0 Å². The maximum atomic E-state index is 4.90. The number of thioether (sulfide) groups is 1. The molecule has 2 N–H and O–H groups in total. The molecule has 2 aliphatic rings. The largest absolute Gasteiger partial charge is 0.357 e. The average molecular weight is 503 g/mol. The summed E-state index contributed by atoms with van der Waals surface area (Å²) in [6, 6.07) is 10.7. The minimum atomic E-state index is 0. The number of guanidine groups is 1. The molecule has 1 aromatic carbocycles. The SMILES string of the molecule is CCNC(=NCC1(Sc2ccccc2)CC1)NCCC1CCN(C)CC1.I. The van der Waals surface area contributed by atoms with Crippen LogP contribution in [0.1, 0.15) is 39.0 Å². The molecule has 1 saturated carbocycles. The molecule has 0 bridgehead atoms. The zero-order chi connectivity index (χ0) is 18.2. The third-order valence-electron chi connectivity index (χ3n) is 5.44. The van der Waals surface area contributed by atoms with E-state index in [1.54, 1.807) is 0 Å². The van der Waals surface area contributed by atoms with E-state index in [1.165, 1.54) is 50.1 Å². The van der Waals surface area contributed by atoms with Crippen molar-refractivity contribution in [3.8, 4) is 0 Å². The van der Waals surface area contributed by atoms with Crippen LogP contribution in [0.4, 0.5) is 0 Å². The van der Waals surface area contributed by atoms with Crippen molar-refractivity contribution in [3.05, 3.63) is 30.3 Å². The Kier molecular flexibility index (Phi) is 9.73. The molecule has 152 valence electrons. The third kappa shape index (κ3) is 7.81. The van der Waals surface area contributed by atoms with Crippen molar-refractivity contribution in [3.63, 3.8) is 0 Å². The molecule has 3 rings (SSSR count). The molecule has 1 aliphatic carbocycles. The Morgan fingerprint density at radius 1 is 1.19 bits per heavy atom. The second kappa shape index (κ2) is 11.5. The normalized spacial score (nSPS) is 20.0. The molecule has 0 spiro atoms. The van der Waals surface area contributed by atoms with Gasteiger partial charge in [0.25, 0.3) is 0 Å². The second-order valence-corrected chi connectivity index (χ2v) is 9.30. The van der Waals surface area contributed by atoms with Crippen molar-refractivity contribution < 1.29 is 0 Å². The minimum Gasteiger partial charge on any atom is -0.357 e. The Hall–Kier alpha value is -0.470. The van der Waals surface area contributed by atoms with Crippen molar-refractivity contribution in [1.29, 1.82) is 0 Å². The molecule has 0 aromatic heterocycles. The second-order valence-electron chi connectivity index (χ2n) is 7.76. The lowest BCUT2D eigenvalue weighted by molar-refractivity contribution is 0.213. The summed E-state index contributed by atoms with van der Waals surface area (Å²) in [6.07, 6.45) is 6.46. The predicted octanol–water partition coefficient (Wildman–Crippen LogP) is 4.22. The lowest BCUT2D eigenvalue weighted by Crippen LogP contribution is -2.39. The molecule has 4 nitrogen and oxygen atoms in total. The van der Waals surface area contributed by atoms with Crippen molar-refractivity contribution in [2.45, 2.75) is 48.7 Å². The van der Waals surface area contributed by atoms with Crippen LogP contribution in [0, 0.1) is 5.92 Å². The quantitative estimate of drug-likeness (QED) is 0.317. The van der Waals surface area contributed by atoms with E-state index in [4.69, 9.17) is 4.99 Å². The lowest BCUT2D eigenvalue weighted by Gasteiger charge is -2.29. The molecular weight excluding hydrogens is 467 g/mol. The summed E-state index contributed by atoms with van der Waals surface area (Å²) in [5.74, 6) is 1.85. The standard InChI is InChI=1S/C21H34N4S.HI/c1-3-22-20(23-14-9-18-10-15-25(2)16-11-18)24-17-21(12-13-21)26-19-7-5-4-6-8-19;/h4-8,18H,3,9-17H2,1-2H3,(H2,22,23,24);1H. The molecule has 1 saturated heterocycles. The van der Waals surface area contributed by atoms with Gasteiger partial charge in [-0.1, -0.05) is 18.2 Å². The highest BCUT2D eigenvalue weighted by Gasteiger charge is 2.43. The molecule has 27 heavy (non-hydrogen) atoms. The molecule has 0 amide bonds. The van der Waals surface area contributed by atoms with Gasteiger partial charge in [0.2, 0.25) is 0 Å².